The van der Waals surface area contributed by atoms with Crippen molar-refractivity contribution < 1.29 is 43.0 Å². The minimum absolute atomic E-state index is 0.00227. The predicted molar refractivity (Wildman–Crippen MR) is 235 cm³/mol. The van der Waals surface area contributed by atoms with E-state index < -0.39 is 23.8 Å². The van der Waals surface area contributed by atoms with Crippen molar-refractivity contribution in [1.29, 1.82) is 0 Å². The first-order valence-electron chi connectivity index (χ1n) is 23.5. The second kappa shape index (κ2) is 40.1. The molecule has 0 bridgehead atoms. The largest absolute Gasteiger partial charge is 0.462 e. The first-order chi connectivity index (χ1) is 28.9. The van der Waals surface area contributed by atoms with E-state index in [1.54, 1.807) is 0 Å². The average molecular weight is 831 g/mol. The van der Waals surface area contributed by atoms with Crippen LogP contribution in [0.1, 0.15) is 200 Å². The SMILES string of the molecule is CCCCCCCC/C=C/CCCCCCCC(=O)OCC(COCCONC(=O)CCN1C(=O)C=CC1=O)OC(=O)CCCCCCC/C=C/CCCCCCCC. The number of hydrogen-bond donors (Lipinski definition) is 1. The molecule has 0 saturated heterocycles. The van der Waals surface area contributed by atoms with Gasteiger partial charge in [-0.3, -0.25) is 33.7 Å². The number of nitrogens with one attached hydrogen (secondary N) is 1. The fourth-order valence-corrected chi connectivity index (χ4v) is 6.66. The van der Waals surface area contributed by atoms with E-state index in [1.807, 2.05) is 0 Å². The Bertz CT molecular complexity index is 1170. The van der Waals surface area contributed by atoms with Gasteiger partial charge in [-0.1, -0.05) is 141 Å². The van der Waals surface area contributed by atoms with Crippen molar-refractivity contribution in [2.75, 3.05) is 33.0 Å². The third kappa shape index (κ3) is 34.1. The molecule has 1 rings (SSSR count). The van der Waals surface area contributed by atoms with Gasteiger partial charge in [-0.15, -0.1) is 0 Å². The van der Waals surface area contributed by atoms with Gasteiger partial charge >= 0.3 is 11.9 Å². The number of hydrogen-bond acceptors (Lipinski definition) is 9. The number of hydroxylamine groups is 1. The maximum absolute atomic E-state index is 12.7. The molecular weight excluding hydrogens is 749 g/mol. The lowest BCUT2D eigenvalue weighted by atomic mass is 10.1. The Morgan fingerprint density at radius 1 is 0.559 bits per heavy atom. The van der Waals surface area contributed by atoms with Gasteiger partial charge in [-0.25, -0.2) is 5.48 Å². The van der Waals surface area contributed by atoms with Crippen LogP contribution in [-0.2, 0) is 43.0 Å². The van der Waals surface area contributed by atoms with E-state index in [1.165, 1.54) is 108 Å². The van der Waals surface area contributed by atoms with Crippen LogP contribution in [0.4, 0.5) is 0 Å². The number of imide groups is 1. The van der Waals surface area contributed by atoms with E-state index in [4.69, 9.17) is 19.0 Å². The third-order valence-corrected chi connectivity index (χ3v) is 10.3. The second-order valence-corrected chi connectivity index (χ2v) is 15.8. The van der Waals surface area contributed by atoms with Crippen molar-refractivity contribution >= 4 is 29.7 Å². The Morgan fingerprint density at radius 2 is 1.00 bits per heavy atom. The van der Waals surface area contributed by atoms with Crippen molar-refractivity contribution in [3.05, 3.63) is 36.5 Å². The zero-order valence-corrected chi connectivity index (χ0v) is 37.2. The maximum atomic E-state index is 12.7. The molecule has 0 aromatic rings. The molecule has 338 valence electrons. The van der Waals surface area contributed by atoms with Crippen LogP contribution in [-0.4, -0.2) is 73.6 Å². The van der Waals surface area contributed by atoms with Crippen LogP contribution in [0.2, 0.25) is 0 Å². The summed E-state index contributed by atoms with van der Waals surface area (Å²) in [6.45, 7) is 4.45. The van der Waals surface area contributed by atoms with Crippen molar-refractivity contribution in [3.63, 3.8) is 0 Å². The topological polar surface area (TPSA) is 138 Å². The predicted octanol–water partition coefficient (Wildman–Crippen LogP) is 10.9. The summed E-state index contributed by atoms with van der Waals surface area (Å²) in [6, 6.07) is 0. The Hall–Kier alpha value is -3.31. The van der Waals surface area contributed by atoms with Crippen LogP contribution in [0.5, 0.6) is 0 Å². The number of amides is 3. The quantitative estimate of drug-likeness (QED) is 0.0209. The van der Waals surface area contributed by atoms with Crippen LogP contribution < -0.4 is 5.48 Å². The van der Waals surface area contributed by atoms with Gasteiger partial charge in [0, 0.05) is 38.0 Å². The standard InChI is InChI=1S/C48H82N2O9/c1-3-5-7-9-11-13-15-17-19-21-23-25-27-29-31-33-47(54)57-42-43(41-56-39-40-58-49-44(51)37-38-50-45(52)35-36-46(50)53)59-48(55)34-32-30-28-26-24-22-20-18-16-14-12-10-8-6-4-2/h17-20,35-36,43H,3-16,21-34,37-42H2,1-2H3,(H,49,51)/b19-17+,20-18+. The van der Waals surface area contributed by atoms with Crippen LogP contribution in [0.3, 0.4) is 0 Å². The van der Waals surface area contributed by atoms with Crippen LogP contribution >= 0.6 is 0 Å². The summed E-state index contributed by atoms with van der Waals surface area (Å²) in [4.78, 5) is 66.7. The van der Waals surface area contributed by atoms with E-state index >= 15 is 0 Å². The molecule has 1 atom stereocenters. The molecule has 0 fully saturated rings. The number of carbonyl (C=O) groups is 5. The van der Waals surface area contributed by atoms with Crippen LogP contribution in [0.25, 0.3) is 0 Å². The zero-order chi connectivity index (χ0) is 42.9. The molecule has 0 saturated carbocycles. The van der Waals surface area contributed by atoms with Crippen LogP contribution in [0.15, 0.2) is 36.5 Å². The molecule has 0 aromatic carbocycles. The summed E-state index contributed by atoms with van der Waals surface area (Å²) >= 11 is 0. The van der Waals surface area contributed by atoms with E-state index in [9.17, 15) is 24.0 Å². The molecule has 3 amide bonds. The molecule has 0 aliphatic carbocycles. The van der Waals surface area contributed by atoms with Gasteiger partial charge < -0.3 is 14.2 Å². The van der Waals surface area contributed by atoms with Gasteiger partial charge in [0.25, 0.3) is 11.8 Å². The first kappa shape index (κ1) is 53.7. The van der Waals surface area contributed by atoms with E-state index in [-0.39, 0.29) is 57.8 Å². The summed E-state index contributed by atoms with van der Waals surface area (Å²) in [6.07, 6.45) is 42.0. The number of unbranched alkanes of at least 4 members (excludes halogenated alkanes) is 22. The molecule has 0 spiro atoms. The van der Waals surface area contributed by atoms with E-state index in [2.05, 4.69) is 43.6 Å². The van der Waals surface area contributed by atoms with Crippen molar-refractivity contribution in [1.82, 2.24) is 10.4 Å². The lowest BCUT2D eigenvalue weighted by Gasteiger charge is -2.18. The Kier molecular flexibility index (Phi) is 36.5. The average Bonchev–Trinajstić information content (AvgIpc) is 3.55. The fraction of sp³-hybridized carbons (Fsp3) is 0.771. The molecule has 1 unspecified atom stereocenters. The smallest absolute Gasteiger partial charge is 0.306 e. The Balaban J connectivity index is 2.28. The minimum atomic E-state index is -0.762. The summed E-state index contributed by atoms with van der Waals surface area (Å²) in [5, 5.41) is 0. The number of ether oxygens (including phenoxy) is 3. The Labute approximate surface area is 357 Å². The number of allylic oxidation sites excluding steroid dienone is 4. The van der Waals surface area contributed by atoms with Gasteiger partial charge in [0.2, 0.25) is 5.91 Å². The lowest BCUT2D eigenvalue weighted by molar-refractivity contribution is -0.163. The van der Waals surface area contributed by atoms with E-state index in [0.29, 0.717) is 6.42 Å². The fourth-order valence-electron chi connectivity index (χ4n) is 6.66. The molecule has 1 N–H and O–H groups in total. The van der Waals surface area contributed by atoms with Gasteiger partial charge in [0.15, 0.2) is 6.10 Å². The number of rotatable bonds is 42. The highest BCUT2D eigenvalue weighted by atomic mass is 16.7. The molecule has 11 nitrogen and oxygen atoms in total. The zero-order valence-electron chi connectivity index (χ0n) is 37.2. The molecule has 0 aromatic heterocycles. The number of nitrogens with zero attached hydrogens (tertiary/aromatic N) is 1. The normalized spacial score (nSPS) is 13.3. The maximum Gasteiger partial charge on any atom is 0.306 e. The lowest BCUT2D eigenvalue weighted by Crippen LogP contribution is -2.35. The van der Waals surface area contributed by atoms with Crippen molar-refractivity contribution in [2.24, 2.45) is 0 Å². The number of carbonyl (C=O) groups excluding carboxylic acids is 5. The highest BCUT2D eigenvalue weighted by Gasteiger charge is 2.23. The molecule has 1 aliphatic heterocycles. The van der Waals surface area contributed by atoms with Gasteiger partial charge in [-0.2, -0.15) is 0 Å². The summed E-state index contributed by atoms with van der Waals surface area (Å²) < 4.78 is 16.8. The van der Waals surface area contributed by atoms with Crippen molar-refractivity contribution in [3.8, 4) is 0 Å². The van der Waals surface area contributed by atoms with E-state index in [0.717, 1.165) is 75.5 Å². The molecule has 11 heteroatoms. The van der Waals surface area contributed by atoms with Gasteiger partial charge in [0.05, 0.1) is 19.8 Å². The van der Waals surface area contributed by atoms with Gasteiger partial charge in [0.1, 0.15) is 6.61 Å². The second-order valence-electron chi connectivity index (χ2n) is 15.8. The molecule has 1 aliphatic rings. The molecular formula is C48H82N2O9. The highest BCUT2D eigenvalue weighted by molar-refractivity contribution is 6.13. The van der Waals surface area contributed by atoms with Crippen LogP contribution in [0, 0.1) is 0 Å². The monoisotopic (exact) mass is 831 g/mol. The third-order valence-electron chi connectivity index (χ3n) is 10.3. The number of esters is 2. The Morgan fingerprint density at radius 3 is 1.49 bits per heavy atom. The van der Waals surface area contributed by atoms with Crippen molar-refractivity contribution in [2.45, 2.75) is 206 Å². The highest BCUT2D eigenvalue weighted by Crippen LogP contribution is 2.13. The first-order valence-corrected chi connectivity index (χ1v) is 23.5. The van der Waals surface area contributed by atoms with Gasteiger partial charge in [-0.05, 0) is 64.2 Å². The molecule has 1 heterocycles. The minimum Gasteiger partial charge on any atom is -0.462 e. The molecule has 0 radical (unpaired) electrons. The molecule has 59 heavy (non-hydrogen) atoms. The summed E-state index contributed by atoms with van der Waals surface area (Å²) in [5.41, 5.74) is 2.26. The summed E-state index contributed by atoms with van der Waals surface area (Å²) in [5.74, 6) is -2.06. The summed E-state index contributed by atoms with van der Waals surface area (Å²) in [7, 11) is 0.